The van der Waals surface area contributed by atoms with E-state index in [2.05, 4.69) is 16.0 Å². The predicted molar refractivity (Wildman–Crippen MR) is 164 cm³/mol. The van der Waals surface area contributed by atoms with Crippen LogP contribution in [0.25, 0.3) is 28.0 Å². The average molecular weight is 583 g/mol. The summed E-state index contributed by atoms with van der Waals surface area (Å²) in [4.78, 5) is 34.8. The van der Waals surface area contributed by atoms with E-state index in [1.54, 1.807) is 24.5 Å². The summed E-state index contributed by atoms with van der Waals surface area (Å²) >= 11 is 1.28. The molecule has 0 N–H and O–H groups in total. The van der Waals surface area contributed by atoms with E-state index in [0.29, 0.717) is 59.6 Å². The highest BCUT2D eigenvalue weighted by molar-refractivity contribution is 7.16. The van der Waals surface area contributed by atoms with Crippen molar-refractivity contribution in [1.29, 1.82) is 5.26 Å². The van der Waals surface area contributed by atoms with Gasteiger partial charge in [-0.05, 0) is 42.8 Å². The van der Waals surface area contributed by atoms with E-state index in [1.807, 2.05) is 60.3 Å². The molecule has 0 atom stereocenters. The summed E-state index contributed by atoms with van der Waals surface area (Å²) in [5, 5.41) is 10.4. The molecule has 11 heteroatoms. The second-order valence-corrected chi connectivity index (χ2v) is 10.5. The Balaban J connectivity index is 0.00000173. The number of hydrogen-bond acceptors (Lipinski definition) is 9. The summed E-state index contributed by atoms with van der Waals surface area (Å²) in [7, 11) is 1.91. The molecule has 5 heterocycles. The van der Waals surface area contributed by atoms with Crippen molar-refractivity contribution in [3.63, 3.8) is 0 Å². The van der Waals surface area contributed by atoms with Gasteiger partial charge in [0.05, 0.1) is 5.69 Å². The summed E-state index contributed by atoms with van der Waals surface area (Å²) in [6.07, 6.45) is 7.36. The van der Waals surface area contributed by atoms with E-state index >= 15 is 0 Å². The quantitative estimate of drug-likeness (QED) is 0.225. The van der Waals surface area contributed by atoms with E-state index in [1.165, 1.54) is 23.5 Å². The minimum Gasteiger partial charge on any atom is -0.340 e. The van der Waals surface area contributed by atoms with Gasteiger partial charge < -0.3 is 9.80 Å². The van der Waals surface area contributed by atoms with Crippen LogP contribution in [-0.4, -0.2) is 50.3 Å². The highest BCUT2D eigenvalue weighted by Crippen LogP contribution is 2.37. The van der Waals surface area contributed by atoms with Crippen molar-refractivity contribution in [3.8, 4) is 28.5 Å². The molecular weight excluding hydrogens is 551 g/mol. The largest absolute Gasteiger partial charge is 0.340 e. The second kappa shape index (κ2) is 12.4. The van der Waals surface area contributed by atoms with E-state index in [-0.39, 0.29) is 11.6 Å². The SMILES string of the molecule is CC.CCc1nc2ccc(-c3cnc(N4CCC(=O)CC4)nc3)cn2c1N(C)c1nc(-c2ccc(F)cc2)c(C#N)s1. The number of hydrogen-bond donors (Lipinski definition) is 0. The molecule has 0 amide bonds. The second-order valence-electron chi connectivity index (χ2n) is 9.53. The Labute approximate surface area is 247 Å². The fourth-order valence-corrected chi connectivity index (χ4v) is 5.70. The third-order valence-electron chi connectivity index (χ3n) is 7.01. The summed E-state index contributed by atoms with van der Waals surface area (Å²) in [6.45, 7) is 7.33. The molecule has 0 aliphatic carbocycles. The highest BCUT2D eigenvalue weighted by Gasteiger charge is 2.23. The molecular formula is C31H31FN8OS. The van der Waals surface area contributed by atoms with Crippen LogP contribution in [0, 0.1) is 17.1 Å². The molecule has 1 fully saturated rings. The summed E-state index contributed by atoms with van der Waals surface area (Å²) < 4.78 is 15.5. The maximum atomic E-state index is 13.5. The number of imidazole rings is 1. The van der Waals surface area contributed by atoms with Gasteiger partial charge in [0.2, 0.25) is 5.95 Å². The maximum Gasteiger partial charge on any atom is 0.225 e. The van der Waals surface area contributed by atoms with E-state index < -0.39 is 0 Å². The Hall–Kier alpha value is -4.69. The number of anilines is 3. The van der Waals surface area contributed by atoms with Crippen molar-refractivity contribution in [1.82, 2.24) is 24.3 Å². The normalized spacial score (nSPS) is 13.0. The van der Waals surface area contributed by atoms with Crippen molar-refractivity contribution in [2.45, 2.75) is 40.0 Å². The van der Waals surface area contributed by atoms with Crippen molar-refractivity contribution in [2.75, 3.05) is 29.9 Å². The van der Waals surface area contributed by atoms with Gasteiger partial charge in [0.1, 0.15) is 39.7 Å². The van der Waals surface area contributed by atoms with Crippen LogP contribution >= 0.6 is 11.3 Å². The molecule has 1 aliphatic heterocycles. The molecule has 0 unspecified atom stereocenters. The Morgan fingerprint density at radius 1 is 1.00 bits per heavy atom. The average Bonchev–Trinajstić information content (AvgIpc) is 3.64. The number of aromatic nitrogens is 5. The molecule has 42 heavy (non-hydrogen) atoms. The van der Waals surface area contributed by atoms with Crippen LogP contribution in [-0.2, 0) is 11.2 Å². The smallest absolute Gasteiger partial charge is 0.225 e. The van der Waals surface area contributed by atoms with Gasteiger partial charge in [0.25, 0.3) is 0 Å². The van der Waals surface area contributed by atoms with Gasteiger partial charge >= 0.3 is 0 Å². The van der Waals surface area contributed by atoms with Crippen molar-refractivity contribution < 1.29 is 9.18 Å². The zero-order chi connectivity index (χ0) is 29.8. The van der Waals surface area contributed by atoms with Crippen LogP contribution in [0.3, 0.4) is 0 Å². The first-order chi connectivity index (χ1) is 20.4. The Morgan fingerprint density at radius 3 is 2.31 bits per heavy atom. The maximum absolute atomic E-state index is 13.5. The first-order valence-corrected chi connectivity index (χ1v) is 14.8. The number of rotatable bonds is 6. The fraction of sp³-hybridized carbons (Fsp3) is 0.290. The van der Waals surface area contributed by atoms with Gasteiger partial charge in [-0.25, -0.2) is 24.3 Å². The van der Waals surface area contributed by atoms with Gasteiger partial charge in [-0.3, -0.25) is 9.20 Å². The lowest BCUT2D eigenvalue weighted by molar-refractivity contribution is -0.119. The number of Topliss-reactive ketones (excluding diaryl/α,β-unsaturated/α-hetero) is 1. The molecule has 0 saturated carbocycles. The lowest BCUT2D eigenvalue weighted by Gasteiger charge is -2.25. The van der Waals surface area contributed by atoms with Gasteiger partial charge in [-0.2, -0.15) is 5.26 Å². The van der Waals surface area contributed by atoms with Gasteiger partial charge in [-0.15, -0.1) is 0 Å². The molecule has 0 spiro atoms. The molecule has 1 aliphatic rings. The van der Waals surface area contributed by atoms with Crippen LogP contribution < -0.4 is 9.80 Å². The molecule has 4 aromatic heterocycles. The third kappa shape index (κ3) is 5.58. The minimum atomic E-state index is -0.341. The predicted octanol–water partition coefficient (Wildman–Crippen LogP) is 6.45. The molecule has 9 nitrogen and oxygen atoms in total. The highest BCUT2D eigenvalue weighted by atomic mass is 32.1. The first kappa shape index (κ1) is 28.8. The number of ketones is 1. The fourth-order valence-electron chi connectivity index (χ4n) is 4.86. The molecule has 214 valence electrons. The number of aryl methyl sites for hydroxylation is 1. The first-order valence-electron chi connectivity index (χ1n) is 14.0. The lowest BCUT2D eigenvalue weighted by Crippen LogP contribution is -2.34. The number of nitrogens with zero attached hydrogens (tertiary/aromatic N) is 8. The van der Waals surface area contributed by atoms with Crippen LogP contribution in [0.4, 0.5) is 21.3 Å². The number of halogens is 1. The minimum absolute atomic E-state index is 0.280. The molecule has 1 saturated heterocycles. The summed E-state index contributed by atoms with van der Waals surface area (Å²) in [5.41, 5.74) is 4.67. The number of benzene rings is 1. The van der Waals surface area contributed by atoms with E-state index in [0.717, 1.165) is 28.3 Å². The number of piperidine rings is 1. The van der Waals surface area contributed by atoms with E-state index in [9.17, 15) is 14.4 Å². The number of pyridine rings is 1. The number of fused-ring (bicyclic) bond motifs is 1. The zero-order valence-electron chi connectivity index (χ0n) is 24.0. The monoisotopic (exact) mass is 582 g/mol. The lowest BCUT2D eigenvalue weighted by atomic mass is 10.1. The summed E-state index contributed by atoms with van der Waals surface area (Å²) in [6, 6.07) is 12.2. The topological polar surface area (TPSA) is 103 Å². The van der Waals surface area contributed by atoms with Crippen LogP contribution in [0.1, 0.15) is 44.2 Å². The zero-order valence-corrected chi connectivity index (χ0v) is 24.8. The van der Waals surface area contributed by atoms with Gasteiger partial charge in [0, 0.05) is 68.3 Å². The molecule has 0 radical (unpaired) electrons. The van der Waals surface area contributed by atoms with Crippen molar-refractivity contribution in [2.24, 2.45) is 0 Å². The van der Waals surface area contributed by atoms with Gasteiger partial charge in [-0.1, -0.05) is 32.1 Å². The Morgan fingerprint density at radius 2 is 1.67 bits per heavy atom. The summed E-state index contributed by atoms with van der Waals surface area (Å²) in [5.74, 6) is 1.41. The molecule has 6 rings (SSSR count). The van der Waals surface area contributed by atoms with Crippen molar-refractivity contribution >= 4 is 39.7 Å². The van der Waals surface area contributed by atoms with E-state index in [4.69, 9.17) is 9.97 Å². The molecule has 1 aromatic carbocycles. The number of carbonyl (C=O) groups is 1. The third-order valence-corrected chi connectivity index (χ3v) is 8.05. The number of carbonyl (C=O) groups excluding carboxylic acids is 1. The van der Waals surface area contributed by atoms with Crippen LogP contribution in [0.2, 0.25) is 0 Å². The van der Waals surface area contributed by atoms with Gasteiger partial charge in [0.15, 0.2) is 5.13 Å². The number of thiazole rings is 1. The Bertz CT molecular complexity index is 1750. The Kier molecular flexibility index (Phi) is 8.54. The molecule has 5 aromatic rings. The van der Waals surface area contributed by atoms with Crippen LogP contribution in [0.5, 0.6) is 0 Å². The molecule has 0 bridgehead atoms. The van der Waals surface area contributed by atoms with Crippen LogP contribution in [0.15, 0.2) is 55.0 Å². The number of nitriles is 1. The van der Waals surface area contributed by atoms with Crippen molar-refractivity contribution in [3.05, 3.63) is 71.4 Å². The standard InChI is InChI=1S/C29H25FN8OS.C2H6/c1-3-23-27(36(2)29-35-26(24(14-31)40-29)18-4-7-21(30)8-5-18)38-17-19(6-9-25(38)34-23)20-15-32-28(33-16-20)37-12-10-22(39)11-13-37;1-2/h4-9,15-17H,3,10-13H2,1-2H3;1-2H3.